The quantitative estimate of drug-likeness (QED) is 0.0299. The molecule has 1 unspecified atom stereocenters. The molecule has 0 spiro atoms. The van der Waals surface area contributed by atoms with E-state index in [9.17, 15) is 28.8 Å². The third kappa shape index (κ3) is 36.8. The number of carbonyl (C=O) groups excluding carboxylic acids is 6. The molecule has 0 aromatic carbocycles. The summed E-state index contributed by atoms with van der Waals surface area (Å²) in [6.45, 7) is 5.95. The molecular weight excluding hydrogens is 724 g/mol. The molecule has 20 heteroatoms. The third-order valence-corrected chi connectivity index (χ3v) is 5.77. The van der Waals surface area contributed by atoms with Gasteiger partial charge in [-0.25, -0.2) is 0 Å². The molecule has 0 aromatic heterocycles. The van der Waals surface area contributed by atoms with Gasteiger partial charge in [-0.2, -0.15) is 0 Å². The number of likely N-dealkylation sites (N-methyl/N-ethyl adjacent to an activating group) is 1. The standard InChI is InChI=1S/C29H54N6O12.B.Y/c1-23(36)31-8-11-42-15-18-46-21-27(39)33-7-5-4-6-25(29(41)34-10-13-44-14-17-45-20-26(38)30-3)35-28(40)22-47-19-16-43-12-9-32-24(2)37;;/h25H,4-22H2,1-3H3,(H,30,38)(H,31,36)(H,32,37)(H,33,39)(H,34,41)(H,35,40);;. The molecule has 0 aromatic rings. The van der Waals surface area contributed by atoms with E-state index in [4.69, 9.17) is 28.4 Å². The van der Waals surface area contributed by atoms with Gasteiger partial charge in [-0.1, -0.05) is 0 Å². The predicted molar refractivity (Wildman–Crippen MR) is 174 cm³/mol. The number of hydrogen-bond donors (Lipinski definition) is 6. The SMILES string of the molecule is CNC(=O)COCCOCCNC(=O)C(CCCCNC(=O)COCCOCCNC(C)=O)NC(=O)COCCOCCNC(C)=O.[B].[Y]. The van der Waals surface area contributed by atoms with Gasteiger partial charge < -0.3 is 60.3 Å². The first kappa shape index (κ1) is 51.1. The molecule has 18 nitrogen and oxygen atoms in total. The summed E-state index contributed by atoms with van der Waals surface area (Å²) >= 11 is 0. The van der Waals surface area contributed by atoms with E-state index < -0.39 is 17.9 Å². The topological polar surface area (TPSA) is 230 Å². The molecule has 0 saturated carbocycles. The minimum atomic E-state index is -0.833. The first-order valence-corrected chi connectivity index (χ1v) is 15.6. The second-order valence-electron chi connectivity index (χ2n) is 9.89. The molecule has 0 aliphatic rings. The van der Waals surface area contributed by atoms with Crippen molar-refractivity contribution in [1.82, 2.24) is 31.9 Å². The average molecular weight is 778 g/mol. The van der Waals surface area contributed by atoms with Gasteiger partial charge in [0.05, 0.1) is 59.5 Å². The Labute approximate surface area is 316 Å². The number of nitrogens with one attached hydrogen (secondary N) is 6. The number of unbranched alkanes of at least 4 members (excludes halogenated alkanes) is 1. The van der Waals surface area contributed by atoms with E-state index >= 15 is 0 Å². The van der Waals surface area contributed by atoms with Crippen molar-refractivity contribution in [2.24, 2.45) is 0 Å². The third-order valence-electron chi connectivity index (χ3n) is 5.77. The number of ether oxygens (including phenoxy) is 6. The second kappa shape index (κ2) is 37.0. The zero-order valence-corrected chi connectivity index (χ0v) is 31.9. The summed E-state index contributed by atoms with van der Waals surface area (Å²) in [4.78, 5) is 70.0. The van der Waals surface area contributed by atoms with Crippen LogP contribution in [-0.2, 0) is 89.9 Å². The first-order valence-electron chi connectivity index (χ1n) is 15.6. The Bertz CT molecular complexity index is 910. The molecular formula is C29H54BN6O12Y. The number of amides is 6. The Balaban J connectivity index is -0.0000106. The Morgan fingerprint density at radius 2 is 0.939 bits per heavy atom. The fourth-order valence-electron chi connectivity index (χ4n) is 3.45. The van der Waals surface area contributed by atoms with Crippen LogP contribution in [0.15, 0.2) is 0 Å². The normalized spacial score (nSPS) is 10.8. The summed E-state index contributed by atoms with van der Waals surface area (Å²) in [6, 6.07) is -0.833. The van der Waals surface area contributed by atoms with Crippen molar-refractivity contribution in [1.29, 1.82) is 0 Å². The van der Waals surface area contributed by atoms with Crippen molar-refractivity contribution < 1.29 is 89.9 Å². The molecule has 0 aliphatic heterocycles. The van der Waals surface area contributed by atoms with Crippen molar-refractivity contribution in [2.45, 2.75) is 39.2 Å². The molecule has 0 rings (SSSR count). The van der Waals surface area contributed by atoms with Gasteiger partial charge in [0.1, 0.15) is 25.9 Å². The van der Waals surface area contributed by atoms with E-state index in [0.29, 0.717) is 58.7 Å². The van der Waals surface area contributed by atoms with Crippen LogP contribution in [0.5, 0.6) is 0 Å². The predicted octanol–water partition coefficient (Wildman–Crippen LogP) is -3.39. The molecule has 6 N–H and O–H groups in total. The van der Waals surface area contributed by atoms with Crippen molar-refractivity contribution in [3.8, 4) is 0 Å². The van der Waals surface area contributed by atoms with Crippen molar-refractivity contribution in [2.75, 3.05) is 113 Å². The van der Waals surface area contributed by atoms with Gasteiger partial charge >= 0.3 is 0 Å². The first-order chi connectivity index (χ1) is 22.6. The van der Waals surface area contributed by atoms with Crippen LogP contribution in [0, 0.1) is 0 Å². The second-order valence-corrected chi connectivity index (χ2v) is 9.89. The van der Waals surface area contributed by atoms with Crippen LogP contribution in [0.2, 0.25) is 0 Å². The molecule has 0 heterocycles. The van der Waals surface area contributed by atoms with Crippen LogP contribution in [0.25, 0.3) is 0 Å². The summed E-state index contributed by atoms with van der Waals surface area (Å²) in [6.07, 6.45) is 1.41. The Morgan fingerprint density at radius 1 is 0.510 bits per heavy atom. The van der Waals surface area contributed by atoms with Crippen molar-refractivity contribution >= 4 is 43.9 Å². The van der Waals surface area contributed by atoms with Crippen LogP contribution in [0.3, 0.4) is 0 Å². The molecule has 1 atom stereocenters. The molecule has 49 heavy (non-hydrogen) atoms. The van der Waals surface area contributed by atoms with Gasteiger partial charge in [0, 0.05) is 88.2 Å². The molecule has 0 saturated heterocycles. The van der Waals surface area contributed by atoms with Crippen molar-refractivity contribution in [3.05, 3.63) is 0 Å². The summed E-state index contributed by atoms with van der Waals surface area (Å²) in [5.41, 5.74) is 0. The number of hydrogen-bond acceptors (Lipinski definition) is 12. The fourth-order valence-corrected chi connectivity index (χ4v) is 3.45. The molecule has 4 radical (unpaired) electrons. The Kier molecular flexibility index (Phi) is 38.6. The van der Waals surface area contributed by atoms with E-state index in [2.05, 4.69) is 31.9 Å². The van der Waals surface area contributed by atoms with Crippen LogP contribution < -0.4 is 31.9 Å². The van der Waals surface area contributed by atoms with Gasteiger partial charge in [0.25, 0.3) is 0 Å². The molecule has 278 valence electrons. The van der Waals surface area contributed by atoms with Crippen molar-refractivity contribution in [3.63, 3.8) is 0 Å². The molecule has 0 fully saturated rings. The van der Waals surface area contributed by atoms with E-state index in [0.717, 1.165) is 0 Å². The largest absolute Gasteiger partial charge is 0.377 e. The summed E-state index contributed by atoms with van der Waals surface area (Å²) < 4.78 is 31.7. The Hall–Kier alpha value is -2.25. The smallest absolute Gasteiger partial charge is 0.246 e. The number of rotatable bonds is 31. The minimum absolute atomic E-state index is 0. The fraction of sp³-hybridized carbons (Fsp3) is 0.793. The van der Waals surface area contributed by atoms with Crippen LogP contribution in [0.1, 0.15) is 33.1 Å². The molecule has 0 bridgehead atoms. The van der Waals surface area contributed by atoms with Gasteiger partial charge in [-0.15, -0.1) is 0 Å². The zero-order valence-electron chi connectivity index (χ0n) is 29.1. The maximum atomic E-state index is 12.8. The summed E-state index contributed by atoms with van der Waals surface area (Å²) in [5.74, 6) is -1.68. The average Bonchev–Trinajstić information content (AvgIpc) is 3.03. The monoisotopic (exact) mass is 778 g/mol. The van der Waals surface area contributed by atoms with Crippen LogP contribution in [0.4, 0.5) is 0 Å². The molecule has 0 aliphatic carbocycles. The maximum Gasteiger partial charge on any atom is 0.246 e. The van der Waals surface area contributed by atoms with Crippen LogP contribution >= 0.6 is 0 Å². The van der Waals surface area contributed by atoms with E-state index in [1.54, 1.807) is 0 Å². The van der Waals surface area contributed by atoms with Gasteiger partial charge in [0.2, 0.25) is 35.4 Å². The minimum Gasteiger partial charge on any atom is -0.377 e. The number of carbonyl (C=O) groups is 6. The van der Waals surface area contributed by atoms with E-state index in [1.165, 1.54) is 20.9 Å². The zero-order chi connectivity index (χ0) is 35.0. The van der Waals surface area contributed by atoms with Gasteiger partial charge in [-0.3, -0.25) is 28.8 Å². The van der Waals surface area contributed by atoms with E-state index in [1.807, 2.05) is 0 Å². The van der Waals surface area contributed by atoms with Crippen LogP contribution in [-0.4, -0.2) is 162 Å². The Morgan fingerprint density at radius 3 is 1.41 bits per heavy atom. The van der Waals surface area contributed by atoms with E-state index in [-0.39, 0.29) is 131 Å². The maximum absolute atomic E-state index is 12.8. The summed E-state index contributed by atoms with van der Waals surface area (Å²) in [5, 5.41) is 15.8. The molecule has 6 amide bonds. The van der Waals surface area contributed by atoms with Gasteiger partial charge in [-0.05, 0) is 19.3 Å². The summed E-state index contributed by atoms with van der Waals surface area (Å²) in [7, 11) is 1.51. The van der Waals surface area contributed by atoms with Gasteiger partial charge in [0.15, 0.2) is 0 Å².